The molecule has 0 spiro atoms. The number of ether oxygens (including phenoxy) is 2. The number of aromatic nitrogens is 2. The van der Waals surface area contributed by atoms with Gasteiger partial charge < -0.3 is 13.9 Å². The monoisotopic (exact) mass is 361 g/mol. The Hall–Kier alpha value is -2.91. The molecule has 2 aromatic carbocycles. The Balaban J connectivity index is 2.02. The number of hydrogen-bond donors (Lipinski definition) is 1. The van der Waals surface area contributed by atoms with Gasteiger partial charge in [-0.25, -0.2) is 13.6 Å². The third kappa shape index (κ3) is 3.47. The molecular weight excluding hydrogens is 346 g/mol. The second-order valence-corrected chi connectivity index (χ2v) is 6.61. The fourth-order valence-electron chi connectivity index (χ4n) is 2.23. The minimum Gasteiger partial charge on any atom is -0.497 e. The van der Waals surface area contributed by atoms with Gasteiger partial charge in [-0.3, -0.25) is 0 Å². The molecule has 0 atom stereocenters. The average Bonchev–Trinajstić information content (AvgIpc) is 3.10. The third-order valence-electron chi connectivity index (χ3n) is 3.47. The normalized spacial score (nSPS) is 11.3. The summed E-state index contributed by atoms with van der Waals surface area (Å²) in [5.41, 5.74) is 1.03. The van der Waals surface area contributed by atoms with Crippen molar-refractivity contribution >= 4 is 10.0 Å². The van der Waals surface area contributed by atoms with Gasteiger partial charge in [0, 0.05) is 11.6 Å². The first-order chi connectivity index (χ1) is 11.9. The quantitative estimate of drug-likeness (QED) is 0.739. The predicted octanol–water partition coefficient (Wildman–Crippen LogP) is 2.07. The van der Waals surface area contributed by atoms with E-state index in [4.69, 9.17) is 19.0 Å². The van der Waals surface area contributed by atoms with E-state index < -0.39 is 10.0 Å². The maximum Gasteiger partial charge on any atom is 0.251 e. The summed E-state index contributed by atoms with van der Waals surface area (Å²) in [6.45, 7) is 0. The van der Waals surface area contributed by atoms with Crippen molar-refractivity contribution in [2.24, 2.45) is 5.14 Å². The van der Waals surface area contributed by atoms with Crippen LogP contribution >= 0.6 is 0 Å². The van der Waals surface area contributed by atoms with E-state index in [9.17, 15) is 8.42 Å². The summed E-state index contributed by atoms with van der Waals surface area (Å²) in [5.74, 6) is 1.53. The van der Waals surface area contributed by atoms with E-state index in [1.54, 1.807) is 37.4 Å². The van der Waals surface area contributed by atoms with Crippen molar-refractivity contribution in [1.29, 1.82) is 0 Å². The topological polar surface area (TPSA) is 118 Å². The van der Waals surface area contributed by atoms with E-state index in [-0.39, 0.29) is 16.7 Å². The van der Waals surface area contributed by atoms with E-state index in [1.165, 1.54) is 19.2 Å². The lowest BCUT2D eigenvalue weighted by molar-refractivity contribution is 0.394. The Morgan fingerprint density at radius 2 is 1.76 bits per heavy atom. The van der Waals surface area contributed by atoms with Gasteiger partial charge in [0.05, 0.1) is 24.7 Å². The fraction of sp³-hybridized carbons (Fsp3) is 0.125. The molecule has 3 aromatic rings. The first-order valence-electron chi connectivity index (χ1n) is 7.11. The van der Waals surface area contributed by atoms with Gasteiger partial charge in [-0.15, -0.1) is 10.2 Å². The highest BCUT2D eigenvalue weighted by atomic mass is 32.2. The summed E-state index contributed by atoms with van der Waals surface area (Å²) in [7, 11) is -0.749. The van der Waals surface area contributed by atoms with E-state index >= 15 is 0 Å². The maximum atomic E-state index is 11.5. The SMILES string of the molecule is COc1ccc(-c2nnc(-c3cccc(S(N)(=O)=O)c3)o2)c(OC)c1. The number of benzene rings is 2. The molecule has 1 aromatic heterocycles. The van der Waals surface area contributed by atoms with Crippen LogP contribution in [0.25, 0.3) is 22.9 Å². The molecule has 9 heteroatoms. The number of sulfonamides is 1. The summed E-state index contributed by atoms with van der Waals surface area (Å²) >= 11 is 0. The van der Waals surface area contributed by atoms with Gasteiger partial charge in [-0.05, 0) is 30.3 Å². The van der Waals surface area contributed by atoms with Crippen molar-refractivity contribution in [2.45, 2.75) is 4.90 Å². The van der Waals surface area contributed by atoms with Crippen LogP contribution in [0.2, 0.25) is 0 Å². The Morgan fingerprint density at radius 1 is 1.00 bits per heavy atom. The van der Waals surface area contributed by atoms with Crippen molar-refractivity contribution < 1.29 is 22.3 Å². The van der Waals surface area contributed by atoms with Crippen LogP contribution in [0.15, 0.2) is 51.8 Å². The van der Waals surface area contributed by atoms with Gasteiger partial charge in [-0.2, -0.15) is 0 Å². The van der Waals surface area contributed by atoms with Crippen molar-refractivity contribution in [2.75, 3.05) is 14.2 Å². The van der Waals surface area contributed by atoms with Crippen LogP contribution < -0.4 is 14.6 Å². The summed E-state index contributed by atoms with van der Waals surface area (Å²) < 4.78 is 39.1. The Labute approximate surface area is 144 Å². The summed E-state index contributed by atoms with van der Waals surface area (Å²) in [6, 6.07) is 11.1. The molecular formula is C16H15N3O5S. The van der Waals surface area contributed by atoms with E-state index in [0.717, 1.165) is 0 Å². The summed E-state index contributed by atoms with van der Waals surface area (Å²) in [4.78, 5) is -0.0354. The van der Waals surface area contributed by atoms with E-state index in [0.29, 0.717) is 22.6 Å². The molecule has 0 bridgehead atoms. The lowest BCUT2D eigenvalue weighted by Crippen LogP contribution is -2.11. The first kappa shape index (κ1) is 16.9. The Kier molecular flexibility index (Phi) is 4.43. The number of hydrogen-bond acceptors (Lipinski definition) is 7. The fourth-order valence-corrected chi connectivity index (χ4v) is 2.79. The Bertz CT molecular complexity index is 1010. The molecule has 0 aliphatic rings. The molecule has 25 heavy (non-hydrogen) atoms. The molecule has 3 rings (SSSR count). The molecule has 2 N–H and O–H groups in total. The minimum absolute atomic E-state index is 0.0354. The largest absolute Gasteiger partial charge is 0.497 e. The molecule has 0 amide bonds. The third-order valence-corrected chi connectivity index (χ3v) is 4.38. The summed E-state index contributed by atoms with van der Waals surface area (Å²) in [6.07, 6.45) is 0. The number of nitrogens with two attached hydrogens (primary N) is 1. The summed E-state index contributed by atoms with van der Waals surface area (Å²) in [5, 5.41) is 13.1. The minimum atomic E-state index is -3.82. The molecule has 0 unspecified atom stereocenters. The molecule has 8 nitrogen and oxygen atoms in total. The van der Waals surface area contributed by atoms with Crippen LogP contribution in [0.3, 0.4) is 0 Å². The number of primary sulfonamides is 1. The molecule has 0 aliphatic heterocycles. The zero-order chi connectivity index (χ0) is 18.0. The Morgan fingerprint density at radius 3 is 2.44 bits per heavy atom. The van der Waals surface area contributed by atoms with Gasteiger partial charge in [0.2, 0.25) is 15.9 Å². The van der Waals surface area contributed by atoms with E-state index in [1.807, 2.05) is 0 Å². The smallest absolute Gasteiger partial charge is 0.251 e. The maximum absolute atomic E-state index is 11.5. The second-order valence-electron chi connectivity index (χ2n) is 5.05. The highest BCUT2D eigenvalue weighted by molar-refractivity contribution is 7.89. The second kappa shape index (κ2) is 6.54. The van der Waals surface area contributed by atoms with Gasteiger partial charge in [0.1, 0.15) is 11.5 Å². The van der Waals surface area contributed by atoms with Crippen LogP contribution in [0.5, 0.6) is 11.5 Å². The van der Waals surface area contributed by atoms with Crippen molar-refractivity contribution in [3.63, 3.8) is 0 Å². The van der Waals surface area contributed by atoms with Gasteiger partial charge in [0.25, 0.3) is 5.89 Å². The van der Waals surface area contributed by atoms with Crippen LogP contribution in [0, 0.1) is 0 Å². The van der Waals surface area contributed by atoms with Crippen LogP contribution in [-0.2, 0) is 10.0 Å². The predicted molar refractivity (Wildman–Crippen MR) is 89.6 cm³/mol. The van der Waals surface area contributed by atoms with Crippen LogP contribution in [0.4, 0.5) is 0 Å². The average molecular weight is 361 g/mol. The lowest BCUT2D eigenvalue weighted by Gasteiger charge is -2.07. The molecule has 0 saturated carbocycles. The standard InChI is InChI=1S/C16H15N3O5S/c1-22-11-6-7-13(14(9-11)23-2)16-19-18-15(24-16)10-4-3-5-12(8-10)25(17,20)21/h3-9H,1-2H3,(H2,17,20,21). The van der Waals surface area contributed by atoms with Crippen molar-refractivity contribution in [3.05, 3.63) is 42.5 Å². The van der Waals surface area contributed by atoms with Gasteiger partial charge in [-0.1, -0.05) is 6.07 Å². The van der Waals surface area contributed by atoms with Crippen LogP contribution in [-0.4, -0.2) is 32.8 Å². The number of rotatable bonds is 5. The molecule has 0 radical (unpaired) electrons. The highest BCUT2D eigenvalue weighted by Crippen LogP contribution is 2.34. The highest BCUT2D eigenvalue weighted by Gasteiger charge is 2.17. The van der Waals surface area contributed by atoms with Crippen molar-refractivity contribution in [1.82, 2.24) is 10.2 Å². The van der Waals surface area contributed by atoms with Gasteiger partial charge >= 0.3 is 0 Å². The number of methoxy groups -OCH3 is 2. The molecule has 1 heterocycles. The molecule has 0 aliphatic carbocycles. The molecule has 0 fully saturated rings. The number of nitrogens with zero attached hydrogens (tertiary/aromatic N) is 2. The lowest BCUT2D eigenvalue weighted by atomic mass is 10.2. The molecule has 0 saturated heterocycles. The van der Waals surface area contributed by atoms with Crippen LogP contribution in [0.1, 0.15) is 0 Å². The first-order valence-corrected chi connectivity index (χ1v) is 8.66. The van der Waals surface area contributed by atoms with E-state index in [2.05, 4.69) is 10.2 Å². The zero-order valence-electron chi connectivity index (χ0n) is 13.5. The molecule has 130 valence electrons. The van der Waals surface area contributed by atoms with Gasteiger partial charge in [0.15, 0.2) is 0 Å². The zero-order valence-corrected chi connectivity index (χ0v) is 14.3. The van der Waals surface area contributed by atoms with Crippen molar-refractivity contribution in [3.8, 4) is 34.4 Å².